The molecule has 0 bridgehead atoms. The molecule has 2 heterocycles. The van der Waals surface area contributed by atoms with E-state index in [0.717, 1.165) is 18.6 Å². The van der Waals surface area contributed by atoms with Crippen LogP contribution in [0.4, 0.5) is 13.2 Å². The summed E-state index contributed by atoms with van der Waals surface area (Å²) in [5.41, 5.74) is -1.18. The molecule has 3 rings (SSSR count). The average molecular weight is 425 g/mol. The number of nitrogens with one attached hydrogen (secondary N) is 2. The van der Waals surface area contributed by atoms with E-state index in [9.17, 15) is 27.6 Å². The van der Waals surface area contributed by atoms with E-state index in [4.69, 9.17) is 0 Å². The Morgan fingerprint density at radius 1 is 1.30 bits per heavy atom. The summed E-state index contributed by atoms with van der Waals surface area (Å²) in [6, 6.07) is 3.95. The normalized spacial score (nSPS) is 27.0. The van der Waals surface area contributed by atoms with Gasteiger partial charge in [0.25, 0.3) is 0 Å². The second kappa shape index (κ2) is 8.28. The summed E-state index contributed by atoms with van der Waals surface area (Å²) < 4.78 is 39.8. The van der Waals surface area contributed by atoms with Crippen molar-refractivity contribution in [3.8, 4) is 0 Å². The molecule has 2 saturated heterocycles. The van der Waals surface area contributed by atoms with Crippen molar-refractivity contribution in [3.63, 3.8) is 0 Å². The Balaban J connectivity index is 2.01. The first-order chi connectivity index (χ1) is 14.0. The Morgan fingerprint density at radius 3 is 2.70 bits per heavy atom. The van der Waals surface area contributed by atoms with Crippen molar-refractivity contribution in [3.05, 3.63) is 35.4 Å². The molecule has 2 aliphatic rings. The largest absolute Gasteiger partial charge is 0.416 e. The number of hydrogen-bond donors (Lipinski definition) is 2. The molecule has 0 unspecified atom stereocenters. The Bertz CT molecular complexity index is 842. The van der Waals surface area contributed by atoms with Gasteiger partial charge in [0.15, 0.2) is 0 Å². The molecule has 1 aromatic rings. The molecule has 0 aliphatic carbocycles. The highest BCUT2D eigenvalue weighted by Gasteiger charge is 2.52. The number of carbonyl (C=O) groups is 3. The molecular weight excluding hydrogens is 399 g/mol. The Kier molecular flexibility index (Phi) is 6.10. The minimum absolute atomic E-state index is 0.124. The second-order valence-electron chi connectivity index (χ2n) is 8.28. The molecule has 6 nitrogen and oxygen atoms in total. The minimum Gasteiger partial charge on any atom is -0.349 e. The van der Waals surface area contributed by atoms with Crippen molar-refractivity contribution >= 4 is 17.7 Å². The number of nitrogens with zero attached hydrogens (tertiary/aromatic N) is 1. The molecule has 2 N–H and O–H groups in total. The first kappa shape index (κ1) is 22.1. The zero-order valence-corrected chi connectivity index (χ0v) is 17.0. The van der Waals surface area contributed by atoms with Crippen LogP contribution < -0.4 is 10.6 Å². The third-order valence-corrected chi connectivity index (χ3v) is 5.96. The molecule has 1 aromatic carbocycles. The van der Waals surface area contributed by atoms with Crippen molar-refractivity contribution in [2.24, 2.45) is 0 Å². The van der Waals surface area contributed by atoms with Gasteiger partial charge in [-0.15, -0.1) is 0 Å². The van der Waals surface area contributed by atoms with Crippen LogP contribution in [-0.4, -0.2) is 40.7 Å². The molecule has 3 amide bonds. The van der Waals surface area contributed by atoms with Gasteiger partial charge < -0.3 is 15.5 Å². The van der Waals surface area contributed by atoms with Gasteiger partial charge in [-0.3, -0.25) is 14.4 Å². The zero-order valence-electron chi connectivity index (χ0n) is 17.0. The van der Waals surface area contributed by atoms with E-state index in [2.05, 4.69) is 10.6 Å². The quantitative estimate of drug-likeness (QED) is 0.782. The van der Waals surface area contributed by atoms with E-state index in [1.165, 1.54) is 13.0 Å². The van der Waals surface area contributed by atoms with E-state index >= 15 is 0 Å². The summed E-state index contributed by atoms with van der Waals surface area (Å²) in [5.74, 6) is -0.871. The number of rotatable bonds is 3. The van der Waals surface area contributed by atoms with Crippen LogP contribution >= 0.6 is 0 Å². The van der Waals surface area contributed by atoms with Crippen molar-refractivity contribution in [2.45, 2.75) is 69.8 Å². The maximum Gasteiger partial charge on any atom is 0.416 e. The Hall–Kier alpha value is -2.58. The van der Waals surface area contributed by atoms with Crippen LogP contribution in [0.3, 0.4) is 0 Å². The lowest BCUT2D eigenvalue weighted by molar-refractivity contribution is -0.137. The number of likely N-dealkylation sites (tertiary alicyclic amines) is 1. The fourth-order valence-electron chi connectivity index (χ4n) is 4.60. The van der Waals surface area contributed by atoms with Crippen molar-refractivity contribution in [1.82, 2.24) is 15.5 Å². The van der Waals surface area contributed by atoms with E-state index in [1.807, 2.05) is 6.92 Å². The lowest BCUT2D eigenvalue weighted by Gasteiger charge is -2.38. The van der Waals surface area contributed by atoms with Gasteiger partial charge in [0.2, 0.25) is 17.7 Å². The molecule has 0 saturated carbocycles. The van der Waals surface area contributed by atoms with Crippen LogP contribution in [0.25, 0.3) is 0 Å². The van der Waals surface area contributed by atoms with Gasteiger partial charge in [0.1, 0.15) is 0 Å². The summed E-state index contributed by atoms with van der Waals surface area (Å²) >= 11 is 0. The molecular formula is C21H26F3N3O3. The zero-order chi connectivity index (χ0) is 22.1. The van der Waals surface area contributed by atoms with Gasteiger partial charge in [0, 0.05) is 13.3 Å². The molecule has 2 aliphatic heterocycles. The predicted molar refractivity (Wildman–Crippen MR) is 103 cm³/mol. The number of halogens is 3. The van der Waals surface area contributed by atoms with Crippen LogP contribution in [0, 0.1) is 0 Å². The highest BCUT2D eigenvalue weighted by molar-refractivity contribution is 5.85. The van der Waals surface area contributed by atoms with Crippen molar-refractivity contribution < 1.29 is 27.6 Å². The third kappa shape index (κ3) is 4.60. The second-order valence-corrected chi connectivity index (χ2v) is 8.28. The summed E-state index contributed by atoms with van der Waals surface area (Å²) in [6.45, 7) is 2.89. The maximum atomic E-state index is 13.3. The standard InChI is InChI=1S/C21H26F3N3O3/c1-13(28)25-12-19(30)27-16(14-6-5-7-15(10-14)21(22,23)24)11-20(2)17(27)8-3-4-9-18(29)26-20/h5-7,10,16-17H,3-4,8-9,11-12H2,1-2H3,(H,25,28)(H,26,29)/t16-,17-,20-/m0/s1. The fourth-order valence-corrected chi connectivity index (χ4v) is 4.60. The lowest BCUT2D eigenvalue weighted by atomic mass is 9.85. The van der Waals surface area contributed by atoms with E-state index < -0.39 is 23.3 Å². The van der Waals surface area contributed by atoms with Gasteiger partial charge >= 0.3 is 6.18 Å². The van der Waals surface area contributed by atoms with Crippen LogP contribution in [0.5, 0.6) is 0 Å². The van der Waals surface area contributed by atoms with E-state index in [-0.39, 0.29) is 30.3 Å². The van der Waals surface area contributed by atoms with Crippen molar-refractivity contribution in [2.75, 3.05) is 6.54 Å². The number of amides is 3. The first-order valence-electron chi connectivity index (χ1n) is 10.0. The van der Waals surface area contributed by atoms with Gasteiger partial charge in [-0.1, -0.05) is 18.6 Å². The number of benzene rings is 1. The maximum absolute atomic E-state index is 13.3. The topological polar surface area (TPSA) is 78.5 Å². The third-order valence-electron chi connectivity index (χ3n) is 5.96. The van der Waals surface area contributed by atoms with Gasteiger partial charge in [-0.2, -0.15) is 13.2 Å². The number of carbonyl (C=O) groups excluding carboxylic acids is 3. The Morgan fingerprint density at radius 2 is 2.03 bits per heavy atom. The van der Waals surface area contributed by atoms with Gasteiger partial charge in [-0.25, -0.2) is 0 Å². The number of fused-ring (bicyclic) bond motifs is 1. The van der Waals surface area contributed by atoms with Crippen LogP contribution in [0.15, 0.2) is 24.3 Å². The summed E-state index contributed by atoms with van der Waals surface area (Å²) in [7, 11) is 0. The molecule has 0 radical (unpaired) electrons. The number of alkyl halides is 3. The average Bonchev–Trinajstić information content (AvgIpc) is 2.93. The molecule has 30 heavy (non-hydrogen) atoms. The minimum atomic E-state index is -4.50. The predicted octanol–water partition coefficient (Wildman–Crippen LogP) is 2.93. The highest BCUT2D eigenvalue weighted by Crippen LogP contribution is 2.45. The molecule has 2 fully saturated rings. The van der Waals surface area contributed by atoms with Gasteiger partial charge in [0.05, 0.1) is 29.7 Å². The monoisotopic (exact) mass is 425 g/mol. The molecule has 0 spiro atoms. The summed E-state index contributed by atoms with van der Waals surface area (Å²) in [5, 5.41) is 5.49. The molecule has 0 aromatic heterocycles. The van der Waals surface area contributed by atoms with Crippen LogP contribution in [-0.2, 0) is 20.6 Å². The first-order valence-corrected chi connectivity index (χ1v) is 10.0. The highest BCUT2D eigenvalue weighted by atomic mass is 19.4. The molecule has 9 heteroatoms. The van der Waals surface area contributed by atoms with Crippen LogP contribution in [0.1, 0.15) is 63.1 Å². The van der Waals surface area contributed by atoms with E-state index in [1.54, 1.807) is 11.0 Å². The fraction of sp³-hybridized carbons (Fsp3) is 0.571. The summed E-state index contributed by atoms with van der Waals surface area (Å²) in [4.78, 5) is 38.2. The Labute approximate surface area is 173 Å². The van der Waals surface area contributed by atoms with Crippen molar-refractivity contribution in [1.29, 1.82) is 0 Å². The lowest BCUT2D eigenvalue weighted by Crippen LogP contribution is -2.57. The van der Waals surface area contributed by atoms with E-state index in [0.29, 0.717) is 31.2 Å². The van der Waals surface area contributed by atoms with Gasteiger partial charge in [-0.05, 0) is 43.9 Å². The summed E-state index contributed by atoms with van der Waals surface area (Å²) in [6.07, 6.45) is -1.78. The smallest absolute Gasteiger partial charge is 0.349 e. The molecule has 3 atom stereocenters. The number of hydrogen-bond acceptors (Lipinski definition) is 3. The van der Waals surface area contributed by atoms with Crippen LogP contribution in [0.2, 0.25) is 0 Å². The molecule has 164 valence electrons. The SMILES string of the molecule is CC(=O)NCC(=O)N1[C@H]2CCCCC(=O)N[C@@]2(C)C[C@H]1c1cccc(C(F)(F)F)c1.